The highest BCUT2D eigenvalue weighted by atomic mass is 79.9. The molecule has 0 radical (unpaired) electrons. The van der Waals surface area contributed by atoms with Crippen LogP contribution >= 0.6 is 127 Å². The smallest absolute Gasteiger partial charge is 0.281 e. The normalized spacial score (nSPS) is 11.1. The minimum Gasteiger partial charge on any atom is -0.412 e. The Morgan fingerprint density at radius 3 is 0.507 bits per heavy atom. The second-order valence-corrected chi connectivity index (χ2v) is 18.7. The lowest BCUT2D eigenvalue weighted by Gasteiger charge is -2.11. The lowest BCUT2D eigenvalue weighted by atomic mass is 9.93. The first-order valence-electron chi connectivity index (χ1n) is 15.6. The fraction of sp³-hybridized carbons (Fsp3) is 0.0769. The van der Waals surface area contributed by atoms with E-state index in [9.17, 15) is 28.8 Å². The summed E-state index contributed by atoms with van der Waals surface area (Å²) >= 11 is 28.0. The Hall–Kier alpha value is -3.96. The maximum absolute atomic E-state index is 10.4. The molecule has 3 heterocycles. The van der Waals surface area contributed by atoms with Gasteiger partial charge in [0.15, 0.2) is 0 Å². The van der Waals surface area contributed by atoms with Gasteiger partial charge in [0.1, 0.15) is 33.1 Å². The van der Waals surface area contributed by atoms with E-state index in [1.54, 1.807) is 12.1 Å². The Morgan fingerprint density at radius 2 is 0.377 bits per heavy atom. The maximum atomic E-state index is 10.4. The quantitative estimate of drug-likeness (QED) is 0.0903. The number of hydrogen-bond donors (Lipinski definition) is 2. The number of halogens is 8. The summed E-state index contributed by atoms with van der Waals surface area (Å²) in [6, 6.07) is 15.1. The highest BCUT2D eigenvalue weighted by Gasteiger charge is 2.47. The van der Waals surface area contributed by atoms with Gasteiger partial charge in [-0.25, -0.2) is 29.9 Å². The van der Waals surface area contributed by atoms with Crippen LogP contribution in [0.1, 0.15) is 22.3 Å². The number of nitrogens with two attached hydrogens (primary N) is 2. The monoisotopic (exact) mass is 1480 g/mol. The highest BCUT2D eigenvalue weighted by Crippen LogP contribution is 2.37. The van der Waals surface area contributed by atoms with Crippen molar-refractivity contribution in [1.82, 2.24) is 29.9 Å². The van der Waals surface area contributed by atoms with Gasteiger partial charge in [0.2, 0.25) is 0 Å². The summed E-state index contributed by atoms with van der Waals surface area (Å²) in [5.41, 5.74) is 20.4. The molecule has 3 aromatic heterocycles. The summed E-state index contributed by atoms with van der Waals surface area (Å²) in [5.74, 6) is -10.4. The topological polar surface area (TPSA) is 484 Å². The van der Waals surface area contributed by atoms with E-state index in [1.165, 1.54) is 0 Å². The number of carbonyl (C=O) groups excluding carboxylic acids is 6. The molecule has 8 aromatic rings. The summed E-state index contributed by atoms with van der Waals surface area (Å²) in [6.07, 6.45) is 0. The van der Waals surface area contributed by atoms with Gasteiger partial charge < -0.3 is 55.3 Å². The predicted octanol–water partition coefficient (Wildman–Crippen LogP) is 4.65. The summed E-state index contributed by atoms with van der Waals surface area (Å²) in [4.78, 5) is 92.4. The van der Waals surface area contributed by atoms with Crippen molar-refractivity contribution >= 4 is 240 Å². The molecule has 1 saturated carbocycles. The lowest BCUT2D eigenvalue weighted by molar-refractivity contribution is -0.158. The molecule has 1 aliphatic carbocycles. The first-order valence-corrected chi connectivity index (χ1v) is 22.0. The molecule has 376 valence electrons. The maximum Gasteiger partial charge on any atom is 0.281 e. The zero-order valence-corrected chi connectivity index (χ0v) is 44.6. The standard InChI is InChI=1S/C24H6Br6N6.C6H6Br2N2.C6O6.3CH4.8H2O/c25-7-1-13-14(2-8(7)26)32-20-19(31-13)21-23(35-16-4-10(28)9(27)3-15(16)33-21)24-22(20)34-17-5-11(29)12(30)6-18(17)36-24;7-3-1-5(9)6(10)2-4(3)8;7-1-2(8)4(10)6(12)5(11)3(1)9;;;;;;;;;;;/h1-6H;1-2H,9-10H2;;3*1H4;8*1H2. The van der Waals surface area contributed by atoms with E-state index in [0.29, 0.717) is 44.5 Å². The average molecular weight is 1480 g/mol. The first kappa shape index (κ1) is 74.0. The Labute approximate surface area is 456 Å². The zero-order chi connectivity index (χ0) is 42.1. The number of rotatable bonds is 0. The van der Waals surface area contributed by atoms with Gasteiger partial charge in [0.25, 0.3) is 34.7 Å². The van der Waals surface area contributed by atoms with Gasteiger partial charge >= 0.3 is 0 Å². The van der Waals surface area contributed by atoms with Crippen molar-refractivity contribution in [3.63, 3.8) is 0 Å². The largest absolute Gasteiger partial charge is 0.412 e. The summed E-state index contributed by atoms with van der Waals surface area (Å²) in [6.45, 7) is 0. The zero-order valence-electron chi connectivity index (χ0n) is 31.9. The molecule has 20 N–H and O–H groups in total. The Kier molecular flexibility index (Phi) is 30.9. The number of hydrogen-bond acceptors (Lipinski definition) is 14. The van der Waals surface area contributed by atoms with Crippen molar-refractivity contribution in [3.8, 4) is 0 Å². The third-order valence-electron chi connectivity index (χ3n) is 8.16. The van der Waals surface area contributed by atoms with Crippen LogP contribution in [-0.2, 0) is 28.8 Å². The van der Waals surface area contributed by atoms with Gasteiger partial charge in [-0.15, -0.1) is 0 Å². The van der Waals surface area contributed by atoms with Crippen LogP contribution in [0.25, 0.3) is 66.2 Å². The van der Waals surface area contributed by atoms with Crippen LogP contribution in [0.3, 0.4) is 0 Å². The van der Waals surface area contributed by atoms with E-state index >= 15 is 0 Å². The molecule has 0 spiro atoms. The molecular formula is C39H40Br8N8O14. The number of fused-ring (bicyclic) bond motifs is 9. The Bertz CT molecular complexity index is 2710. The van der Waals surface area contributed by atoms with Crippen LogP contribution in [0.5, 0.6) is 0 Å². The number of Topliss-reactive ketones (excluding diaryl/α,β-unsaturated/α-hetero) is 6. The third kappa shape index (κ3) is 14.1. The second-order valence-electron chi connectivity index (χ2n) is 11.9. The van der Waals surface area contributed by atoms with E-state index in [4.69, 9.17) is 41.4 Å². The predicted molar refractivity (Wildman–Crippen MR) is 294 cm³/mol. The third-order valence-corrected chi connectivity index (χ3v) is 15.5. The summed E-state index contributed by atoms with van der Waals surface area (Å²) in [7, 11) is 0. The van der Waals surface area contributed by atoms with Gasteiger partial charge in [-0.2, -0.15) is 0 Å². The molecule has 0 atom stereocenters. The number of benzene rings is 5. The fourth-order valence-corrected chi connectivity index (χ4v) is 8.05. The van der Waals surface area contributed by atoms with Crippen molar-refractivity contribution in [3.05, 3.63) is 84.3 Å². The molecule has 30 heteroatoms. The van der Waals surface area contributed by atoms with Crippen molar-refractivity contribution < 1.29 is 72.6 Å². The van der Waals surface area contributed by atoms with Gasteiger partial charge in [0, 0.05) is 35.8 Å². The minimum absolute atomic E-state index is 0. The van der Waals surface area contributed by atoms with Crippen molar-refractivity contribution in [1.29, 1.82) is 0 Å². The second kappa shape index (κ2) is 28.8. The van der Waals surface area contributed by atoms with Crippen LogP contribution < -0.4 is 11.5 Å². The van der Waals surface area contributed by atoms with Crippen molar-refractivity contribution in [2.75, 3.05) is 11.5 Å². The van der Waals surface area contributed by atoms with E-state index in [-0.39, 0.29) is 66.1 Å². The van der Waals surface area contributed by atoms with E-state index in [2.05, 4.69) is 127 Å². The number of nitrogen functional groups attached to an aromatic ring is 2. The van der Waals surface area contributed by atoms with Crippen LogP contribution in [0.15, 0.2) is 84.3 Å². The number of anilines is 2. The van der Waals surface area contributed by atoms with E-state index in [1.807, 2.05) is 36.4 Å². The molecule has 1 aliphatic rings. The van der Waals surface area contributed by atoms with Crippen molar-refractivity contribution in [2.24, 2.45) is 0 Å². The molecule has 0 bridgehead atoms. The highest BCUT2D eigenvalue weighted by molar-refractivity contribution is 9.14. The molecule has 0 amide bonds. The molecule has 0 aliphatic heterocycles. The molecule has 1 fully saturated rings. The minimum atomic E-state index is -1.73. The SMILES string of the molecule is Brc1cc2nc3c4nc5cc(Br)c(Br)cc5nc4c4nc5cc(Br)c(Br)cc5nc4c3nc2cc1Br.C.C.C.Nc1cc(Br)c(Br)cc1N.O.O.O.O.O.O.O.O.O=C1C(=O)C(=O)C(=O)C(=O)C1=O. The van der Waals surface area contributed by atoms with E-state index < -0.39 is 34.7 Å². The summed E-state index contributed by atoms with van der Waals surface area (Å²) in [5, 5.41) is 0. The Balaban J connectivity index is -0.000000353. The molecule has 5 aromatic carbocycles. The van der Waals surface area contributed by atoms with Crippen LogP contribution in [0.4, 0.5) is 11.4 Å². The van der Waals surface area contributed by atoms with Gasteiger partial charge in [-0.05, 0) is 176 Å². The number of ketones is 6. The Morgan fingerprint density at radius 1 is 0.261 bits per heavy atom. The summed E-state index contributed by atoms with van der Waals surface area (Å²) < 4.78 is 7.17. The number of carbonyl (C=O) groups is 6. The molecule has 0 unspecified atom stereocenters. The molecule has 0 saturated heterocycles. The van der Waals surface area contributed by atoms with Crippen LogP contribution in [0, 0.1) is 0 Å². The van der Waals surface area contributed by atoms with Gasteiger partial charge in [-0.1, -0.05) is 22.3 Å². The lowest BCUT2D eigenvalue weighted by Crippen LogP contribution is -2.49. The number of nitrogens with zero attached hydrogens (tertiary/aromatic N) is 6. The fourth-order valence-electron chi connectivity index (χ4n) is 5.34. The number of aromatic nitrogens is 6. The van der Waals surface area contributed by atoms with Gasteiger partial charge in [-0.3, -0.25) is 28.8 Å². The molecular weight excluding hydrogens is 1440 g/mol. The van der Waals surface area contributed by atoms with Gasteiger partial charge in [0.05, 0.1) is 44.5 Å². The molecule has 69 heavy (non-hydrogen) atoms. The average Bonchev–Trinajstić information content (AvgIpc) is 3.18. The van der Waals surface area contributed by atoms with E-state index in [0.717, 1.165) is 68.9 Å². The van der Waals surface area contributed by atoms with Crippen LogP contribution in [0.2, 0.25) is 0 Å². The van der Waals surface area contributed by atoms with Crippen LogP contribution in [-0.4, -0.2) is 108 Å². The molecule has 9 rings (SSSR count). The molecule has 22 nitrogen and oxygen atoms in total. The first-order chi connectivity index (χ1) is 27.3. The van der Waals surface area contributed by atoms with Crippen molar-refractivity contribution in [2.45, 2.75) is 22.3 Å².